The van der Waals surface area contributed by atoms with Gasteiger partial charge in [-0.2, -0.15) is 0 Å². The highest BCUT2D eigenvalue weighted by Gasteiger charge is 2.27. The Bertz CT molecular complexity index is 394. The summed E-state index contributed by atoms with van der Waals surface area (Å²) < 4.78 is 6.22. The molecule has 0 amide bonds. The van der Waals surface area contributed by atoms with Crippen LogP contribution < -0.4 is 0 Å². The Morgan fingerprint density at radius 3 is 2.37 bits per heavy atom. The first-order valence-electron chi connectivity index (χ1n) is 7.21. The summed E-state index contributed by atoms with van der Waals surface area (Å²) in [6, 6.07) is 9.86. The van der Waals surface area contributed by atoms with Crippen LogP contribution in [0.15, 0.2) is 30.3 Å². The fourth-order valence-electron chi connectivity index (χ4n) is 2.71. The van der Waals surface area contributed by atoms with E-state index in [1.807, 2.05) is 30.3 Å². The van der Waals surface area contributed by atoms with Crippen molar-refractivity contribution in [2.24, 2.45) is 0 Å². The maximum atomic E-state index is 12.0. The number of hydrogen-bond donors (Lipinski definition) is 0. The quantitative estimate of drug-likeness (QED) is 0.616. The van der Waals surface area contributed by atoms with Crippen molar-refractivity contribution in [3.05, 3.63) is 35.9 Å². The van der Waals surface area contributed by atoms with Crippen molar-refractivity contribution in [3.63, 3.8) is 0 Å². The van der Waals surface area contributed by atoms with Crippen LogP contribution in [-0.4, -0.2) is 37.1 Å². The molecule has 0 radical (unpaired) electrons. The van der Waals surface area contributed by atoms with Crippen molar-refractivity contribution in [1.82, 2.24) is 0 Å². The van der Waals surface area contributed by atoms with Crippen LogP contribution in [0.2, 0.25) is 0 Å². The van der Waals surface area contributed by atoms with Crippen LogP contribution in [0, 0.1) is 0 Å². The summed E-state index contributed by atoms with van der Waals surface area (Å²) in [5.74, 6) is -0.0757. The van der Waals surface area contributed by atoms with Gasteiger partial charge >= 0.3 is 5.97 Å². The second-order valence-electron chi connectivity index (χ2n) is 5.79. The highest BCUT2D eigenvalue weighted by Crippen LogP contribution is 2.16. The molecule has 0 N–H and O–H groups in total. The topological polar surface area (TPSA) is 26.3 Å². The Kier molecular flexibility index (Phi) is 4.97. The third kappa shape index (κ3) is 4.67. The SMILES string of the molecule is C[N+]1(CC(=O)OCc2ccccc2)CCCCCC1. The van der Waals surface area contributed by atoms with Crippen LogP contribution in [0.1, 0.15) is 31.2 Å². The van der Waals surface area contributed by atoms with Crippen LogP contribution in [-0.2, 0) is 16.1 Å². The molecule has 0 unspecified atom stereocenters. The molecule has 104 valence electrons. The smallest absolute Gasteiger partial charge is 0.362 e. The Labute approximate surface area is 115 Å². The first-order chi connectivity index (χ1) is 9.18. The molecule has 1 aliphatic heterocycles. The van der Waals surface area contributed by atoms with Gasteiger partial charge in [-0.15, -0.1) is 0 Å². The number of esters is 1. The molecule has 0 aliphatic carbocycles. The van der Waals surface area contributed by atoms with Gasteiger partial charge in [0.2, 0.25) is 0 Å². The average molecular weight is 262 g/mol. The van der Waals surface area contributed by atoms with E-state index >= 15 is 0 Å². The lowest BCUT2D eigenvalue weighted by molar-refractivity contribution is -0.901. The molecular weight excluding hydrogens is 238 g/mol. The number of hydrogen-bond acceptors (Lipinski definition) is 2. The van der Waals surface area contributed by atoms with E-state index < -0.39 is 0 Å². The fourth-order valence-corrected chi connectivity index (χ4v) is 2.71. The molecule has 2 rings (SSSR count). The molecule has 19 heavy (non-hydrogen) atoms. The molecule has 1 saturated heterocycles. The van der Waals surface area contributed by atoms with Crippen LogP contribution in [0.3, 0.4) is 0 Å². The minimum absolute atomic E-state index is 0.0757. The molecule has 0 atom stereocenters. The van der Waals surface area contributed by atoms with Gasteiger partial charge in [0, 0.05) is 0 Å². The average Bonchev–Trinajstić information content (AvgIpc) is 2.62. The largest absolute Gasteiger partial charge is 0.457 e. The Morgan fingerprint density at radius 2 is 1.74 bits per heavy atom. The Balaban J connectivity index is 1.80. The molecule has 1 aromatic rings. The lowest BCUT2D eigenvalue weighted by Gasteiger charge is -2.32. The normalized spacial score (nSPS) is 18.6. The molecule has 0 bridgehead atoms. The fraction of sp³-hybridized carbons (Fsp3) is 0.562. The second kappa shape index (κ2) is 6.71. The zero-order chi connectivity index (χ0) is 13.6. The molecule has 0 aromatic heterocycles. The van der Waals surface area contributed by atoms with Crippen molar-refractivity contribution >= 4 is 5.97 Å². The second-order valence-corrected chi connectivity index (χ2v) is 5.79. The number of benzene rings is 1. The van der Waals surface area contributed by atoms with Crippen molar-refractivity contribution in [2.75, 3.05) is 26.7 Å². The number of quaternary nitrogens is 1. The van der Waals surface area contributed by atoms with E-state index in [2.05, 4.69) is 7.05 Å². The number of likely N-dealkylation sites (N-methyl/N-ethyl adjacent to an activating group) is 1. The van der Waals surface area contributed by atoms with Crippen LogP contribution in [0.25, 0.3) is 0 Å². The zero-order valence-corrected chi connectivity index (χ0v) is 11.8. The number of nitrogens with zero attached hydrogens (tertiary/aromatic N) is 1. The summed E-state index contributed by atoms with van der Waals surface area (Å²) in [4.78, 5) is 12.0. The number of rotatable bonds is 4. The maximum absolute atomic E-state index is 12.0. The summed E-state index contributed by atoms with van der Waals surface area (Å²) >= 11 is 0. The first kappa shape index (κ1) is 14.1. The van der Waals surface area contributed by atoms with E-state index in [-0.39, 0.29) is 5.97 Å². The molecular formula is C16H24NO2+. The third-order valence-corrected chi connectivity index (χ3v) is 3.90. The number of carbonyl (C=O) groups is 1. The number of ether oxygens (including phenoxy) is 1. The van der Waals surface area contributed by atoms with E-state index in [9.17, 15) is 4.79 Å². The van der Waals surface area contributed by atoms with Crippen LogP contribution >= 0.6 is 0 Å². The van der Waals surface area contributed by atoms with E-state index in [0.717, 1.165) is 23.1 Å². The van der Waals surface area contributed by atoms with Gasteiger partial charge in [0.05, 0.1) is 20.1 Å². The first-order valence-corrected chi connectivity index (χ1v) is 7.21. The minimum Gasteiger partial charge on any atom is -0.457 e. The van der Waals surface area contributed by atoms with Gasteiger partial charge in [-0.1, -0.05) is 30.3 Å². The van der Waals surface area contributed by atoms with Gasteiger partial charge in [-0.05, 0) is 31.2 Å². The van der Waals surface area contributed by atoms with Gasteiger partial charge in [0.15, 0.2) is 6.54 Å². The minimum atomic E-state index is -0.0757. The highest BCUT2D eigenvalue weighted by molar-refractivity contribution is 5.70. The lowest BCUT2D eigenvalue weighted by Crippen LogP contribution is -2.48. The molecule has 1 aliphatic rings. The van der Waals surface area contributed by atoms with Gasteiger partial charge < -0.3 is 9.22 Å². The molecule has 1 aromatic carbocycles. The van der Waals surface area contributed by atoms with Gasteiger partial charge in [0.1, 0.15) is 6.61 Å². The summed E-state index contributed by atoms with van der Waals surface area (Å²) in [6.45, 7) is 3.09. The standard InChI is InChI=1S/C16H24NO2/c1-17(11-7-2-3-8-12-17)13-16(18)19-14-15-9-5-4-6-10-15/h4-6,9-10H,2-3,7-8,11-14H2,1H3/q+1. The van der Waals surface area contributed by atoms with Crippen molar-refractivity contribution < 1.29 is 14.0 Å². The highest BCUT2D eigenvalue weighted by atomic mass is 16.5. The predicted molar refractivity (Wildman–Crippen MR) is 75.5 cm³/mol. The molecule has 3 nitrogen and oxygen atoms in total. The van der Waals surface area contributed by atoms with E-state index in [0.29, 0.717) is 13.2 Å². The maximum Gasteiger partial charge on any atom is 0.362 e. The molecule has 3 heteroatoms. The van der Waals surface area contributed by atoms with Crippen molar-refractivity contribution in [3.8, 4) is 0 Å². The summed E-state index contributed by atoms with van der Waals surface area (Å²) in [6.07, 6.45) is 5.05. The molecule has 1 heterocycles. The molecule has 0 spiro atoms. The number of likely N-dealkylation sites (tertiary alicyclic amines) is 1. The van der Waals surface area contributed by atoms with Gasteiger partial charge in [-0.25, -0.2) is 4.79 Å². The molecule has 1 fully saturated rings. The summed E-state index contributed by atoms with van der Waals surface area (Å²) in [5, 5.41) is 0. The van der Waals surface area contributed by atoms with Gasteiger partial charge in [0.25, 0.3) is 0 Å². The van der Waals surface area contributed by atoms with Crippen molar-refractivity contribution in [2.45, 2.75) is 32.3 Å². The van der Waals surface area contributed by atoms with Crippen molar-refractivity contribution in [1.29, 1.82) is 0 Å². The van der Waals surface area contributed by atoms with E-state index in [1.165, 1.54) is 25.7 Å². The monoisotopic (exact) mass is 262 g/mol. The number of carbonyl (C=O) groups excluding carboxylic acids is 1. The Hall–Kier alpha value is -1.35. The molecule has 0 saturated carbocycles. The zero-order valence-electron chi connectivity index (χ0n) is 11.8. The van der Waals surface area contributed by atoms with E-state index in [4.69, 9.17) is 4.74 Å². The van der Waals surface area contributed by atoms with E-state index in [1.54, 1.807) is 0 Å². The summed E-state index contributed by atoms with van der Waals surface area (Å²) in [5.41, 5.74) is 1.05. The van der Waals surface area contributed by atoms with Gasteiger partial charge in [-0.3, -0.25) is 0 Å². The lowest BCUT2D eigenvalue weighted by atomic mass is 10.2. The Morgan fingerprint density at radius 1 is 1.11 bits per heavy atom. The van der Waals surface area contributed by atoms with Crippen LogP contribution in [0.4, 0.5) is 0 Å². The predicted octanol–water partition coefficient (Wildman–Crippen LogP) is 2.75. The third-order valence-electron chi connectivity index (χ3n) is 3.90. The van der Waals surface area contributed by atoms with Crippen LogP contribution in [0.5, 0.6) is 0 Å². The summed E-state index contributed by atoms with van der Waals surface area (Å²) in [7, 11) is 2.18.